The van der Waals surface area contributed by atoms with Gasteiger partial charge in [-0.05, 0) is 30.2 Å². The summed E-state index contributed by atoms with van der Waals surface area (Å²) in [5, 5.41) is 0. The van der Waals surface area contributed by atoms with Crippen molar-refractivity contribution >= 4 is 10.0 Å². The van der Waals surface area contributed by atoms with Crippen molar-refractivity contribution in [3.63, 3.8) is 0 Å². The minimum absolute atomic E-state index is 0.222. The van der Waals surface area contributed by atoms with Gasteiger partial charge in [-0.3, -0.25) is 4.98 Å². The van der Waals surface area contributed by atoms with Crippen LogP contribution in [0.1, 0.15) is 11.3 Å². The Morgan fingerprint density at radius 3 is 3.00 bits per heavy atom. The van der Waals surface area contributed by atoms with E-state index in [1.54, 1.807) is 24.6 Å². The van der Waals surface area contributed by atoms with E-state index < -0.39 is 10.0 Å². The summed E-state index contributed by atoms with van der Waals surface area (Å²) in [6.45, 7) is 0.767. The number of rotatable bonds is 2. The number of sulfonamides is 1. The number of pyridine rings is 1. The van der Waals surface area contributed by atoms with E-state index in [2.05, 4.69) is 4.98 Å². The highest BCUT2D eigenvalue weighted by Crippen LogP contribution is 2.24. The molecular formula is C12H12N2O3S. The Hall–Kier alpha value is -1.66. The molecule has 94 valence electrons. The second-order valence-electron chi connectivity index (χ2n) is 4.15. The molecular weight excluding hydrogens is 252 g/mol. The minimum atomic E-state index is -3.47. The first-order valence-electron chi connectivity index (χ1n) is 5.63. The number of furan rings is 1. The van der Waals surface area contributed by atoms with E-state index in [0.29, 0.717) is 19.5 Å². The second kappa shape index (κ2) is 4.22. The van der Waals surface area contributed by atoms with Crippen LogP contribution in [0.15, 0.2) is 46.2 Å². The molecule has 0 saturated carbocycles. The van der Waals surface area contributed by atoms with Crippen LogP contribution in [0.4, 0.5) is 0 Å². The summed E-state index contributed by atoms with van der Waals surface area (Å²) in [4.78, 5) is 4.07. The van der Waals surface area contributed by atoms with Gasteiger partial charge in [0.2, 0.25) is 10.0 Å². The molecule has 0 saturated heterocycles. The number of nitrogens with zero attached hydrogens (tertiary/aromatic N) is 2. The Labute approximate surface area is 105 Å². The van der Waals surface area contributed by atoms with E-state index >= 15 is 0 Å². The van der Waals surface area contributed by atoms with Crippen LogP contribution in [-0.2, 0) is 23.0 Å². The van der Waals surface area contributed by atoms with Crippen LogP contribution >= 0.6 is 0 Å². The average molecular weight is 264 g/mol. The average Bonchev–Trinajstić information content (AvgIpc) is 2.87. The lowest BCUT2D eigenvalue weighted by atomic mass is 10.1. The van der Waals surface area contributed by atoms with E-state index in [-0.39, 0.29) is 4.90 Å². The number of hydrogen-bond donors (Lipinski definition) is 0. The largest absolute Gasteiger partial charge is 0.468 e. The Bertz CT molecular complexity index is 649. The Kier molecular flexibility index (Phi) is 2.68. The molecule has 0 unspecified atom stereocenters. The Morgan fingerprint density at radius 1 is 1.33 bits per heavy atom. The SMILES string of the molecule is O=S(=O)(c1cccnc1)N1CCc2ccoc2C1. The quantitative estimate of drug-likeness (QED) is 0.823. The summed E-state index contributed by atoms with van der Waals surface area (Å²) in [6, 6.07) is 5.07. The molecule has 2 aromatic rings. The first-order valence-corrected chi connectivity index (χ1v) is 7.07. The van der Waals surface area contributed by atoms with Gasteiger partial charge >= 0.3 is 0 Å². The van der Waals surface area contributed by atoms with Gasteiger partial charge in [-0.2, -0.15) is 4.31 Å². The molecule has 3 heterocycles. The molecule has 0 atom stereocenters. The van der Waals surface area contributed by atoms with Gasteiger partial charge in [-0.15, -0.1) is 0 Å². The van der Waals surface area contributed by atoms with Gasteiger partial charge in [0.05, 0.1) is 12.8 Å². The molecule has 0 spiro atoms. The van der Waals surface area contributed by atoms with E-state index in [9.17, 15) is 8.42 Å². The summed E-state index contributed by atoms with van der Waals surface area (Å²) in [5.74, 6) is 0.730. The van der Waals surface area contributed by atoms with Gasteiger partial charge in [-0.25, -0.2) is 8.42 Å². The molecule has 0 bridgehead atoms. The molecule has 0 aromatic carbocycles. The lowest BCUT2D eigenvalue weighted by Gasteiger charge is -2.25. The van der Waals surface area contributed by atoms with Crippen molar-refractivity contribution in [2.45, 2.75) is 17.9 Å². The highest BCUT2D eigenvalue weighted by atomic mass is 32.2. The first kappa shape index (κ1) is 11.4. The molecule has 5 nitrogen and oxygen atoms in total. The van der Waals surface area contributed by atoms with Crippen LogP contribution < -0.4 is 0 Å². The van der Waals surface area contributed by atoms with Crippen LogP contribution in [0, 0.1) is 0 Å². The minimum Gasteiger partial charge on any atom is -0.468 e. The molecule has 2 aromatic heterocycles. The molecule has 0 aliphatic carbocycles. The van der Waals surface area contributed by atoms with Crippen LogP contribution in [0.5, 0.6) is 0 Å². The molecule has 1 aliphatic heterocycles. The van der Waals surface area contributed by atoms with Crippen molar-refractivity contribution in [2.24, 2.45) is 0 Å². The first-order chi connectivity index (χ1) is 8.68. The molecule has 6 heteroatoms. The third kappa shape index (κ3) is 1.83. The smallest absolute Gasteiger partial charge is 0.245 e. The van der Waals surface area contributed by atoms with Crippen LogP contribution in [0.25, 0.3) is 0 Å². The van der Waals surface area contributed by atoms with Gasteiger partial charge in [0.15, 0.2) is 0 Å². The standard InChI is InChI=1S/C12H12N2O3S/c15-18(16,11-2-1-5-13-8-11)14-6-3-10-4-7-17-12(10)9-14/h1-2,4-5,7-8H,3,6,9H2. The van der Waals surface area contributed by atoms with E-state index in [1.807, 2.05) is 6.07 Å². The topological polar surface area (TPSA) is 63.4 Å². The van der Waals surface area contributed by atoms with Gasteiger partial charge < -0.3 is 4.42 Å². The normalized spacial score (nSPS) is 16.4. The van der Waals surface area contributed by atoms with Gasteiger partial charge in [0, 0.05) is 18.9 Å². The lowest BCUT2D eigenvalue weighted by molar-refractivity contribution is 0.343. The number of aromatic nitrogens is 1. The molecule has 0 radical (unpaired) electrons. The monoisotopic (exact) mass is 264 g/mol. The lowest BCUT2D eigenvalue weighted by Crippen LogP contribution is -2.35. The van der Waals surface area contributed by atoms with Crippen LogP contribution in [0.2, 0.25) is 0 Å². The highest BCUT2D eigenvalue weighted by molar-refractivity contribution is 7.89. The highest BCUT2D eigenvalue weighted by Gasteiger charge is 2.29. The van der Waals surface area contributed by atoms with Gasteiger partial charge in [0.1, 0.15) is 10.7 Å². The predicted molar refractivity (Wildman–Crippen MR) is 64.2 cm³/mol. The van der Waals surface area contributed by atoms with E-state index in [0.717, 1.165) is 11.3 Å². The van der Waals surface area contributed by atoms with Crippen molar-refractivity contribution in [1.29, 1.82) is 0 Å². The summed E-state index contributed by atoms with van der Waals surface area (Å²) in [7, 11) is -3.47. The van der Waals surface area contributed by atoms with Crippen molar-refractivity contribution in [3.8, 4) is 0 Å². The summed E-state index contributed by atoms with van der Waals surface area (Å²) in [6.07, 6.45) is 5.21. The molecule has 3 rings (SSSR count). The predicted octanol–water partition coefficient (Wildman–Crippen LogP) is 1.42. The van der Waals surface area contributed by atoms with Crippen molar-refractivity contribution in [3.05, 3.63) is 48.2 Å². The zero-order valence-corrected chi connectivity index (χ0v) is 10.4. The Morgan fingerprint density at radius 2 is 2.22 bits per heavy atom. The third-order valence-electron chi connectivity index (χ3n) is 3.06. The molecule has 18 heavy (non-hydrogen) atoms. The summed E-state index contributed by atoms with van der Waals surface area (Å²) >= 11 is 0. The van der Waals surface area contributed by atoms with E-state index in [4.69, 9.17) is 4.42 Å². The maximum atomic E-state index is 12.4. The maximum absolute atomic E-state index is 12.4. The fourth-order valence-electron chi connectivity index (χ4n) is 2.07. The van der Waals surface area contributed by atoms with Crippen LogP contribution in [-0.4, -0.2) is 24.3 Å². The summed E-state index contributed by atoms with van der Waals surface area (Å²) in [5.41, 5.74) is 1.09. The van der Waals surface area contributed by atoms with Gasteiger partial charge in [0.25, 0.3) is 0 Å². The van der Waals surface area contributed by atoms with E-state index in [1.165, 1.54) is 10.5 Å². The fraction of sp³-hybridized carbons (Fsp3) is 0.250. The Balaban J connectivity index is 1.93. The van der Waals surface area contributed by atoms with Crippen molar-refractivity contribution in [1.82, 2.24) is 9.29 Å². The van der Waals surface area contributed by atoms with Gasteiger partial charge in [-0.1, -0.05) is 0 Å². The van der Waals surface area contributed by atoms with Crippen molar-refractivity contribution in [2.75, 3.05) is 6.54 Å². The zero-order chi connectivity index (χ0) is 12.6. The number of fused-ring (bicyclic) bond motifs is 1. The summed E-state index contributed by atoms with van der Waals surface area (Å²) < 4.78 is 31.4. The van der Waals surface area contributed by atoms with Crippen molar-refractivity contribution < 1.29 is 12.8 Å². The molecule has 0 fully saturated rings. The molecule has 0 amide bonds. The fourth-order valence-corrected chi connectivity index (χ4v) is 3.43. The number of hydrogen-bond acceptors (Lipinski definition) is 4. The molecule has 1 aliphatic rings. The second-order valence-corrected chi connectivity index (χ2v) is 6.08. The maximum Gasteiger partial charge on any atom is 0.245 e. The zero-order valence-electron chi connectivity index (χ0n) is 9.61. The molecule has 0 N–H and O–H groups in total. The third-order valence-corrected chi connectivity index (χ3v) is 4.89. The van der Waals surface area contributed by atoms with Crippen LogP contribution in [0.3, 0.4) is 0 Å².